The van der Waals surface area contributed by atoms with E-state index in [2.05, 4.69) is 33.4 Å². The van der Waals surface area contributed by atoms with Gasteiger partial charge >= 0.3 is 0 Å². The quantitative estimate of drug-likeness (QED) is 0.869. The van der Waals surface area contributed by atoms with E-state index in [0.717, 1.165) is 21.5 Å². The summed E-state index contributed by atoms with van der Waals surface area (Å²) in [5, 5.41) is 12.4. The van der Waals surface area contributed by atoms with Crippen LogP contribution >= 0.6 is 15.9 Å². The van der Waals surface area contributed by atoms with Gasteiger partial charge in [-0.1, -0.05) is 34.1 Å². The second-order valence-electron chi connectivity index (χ2n) is 4.35. The molecule has 0 fully saturated rings. The minimum absolute atomic E-state index is 0.0806. The van der Waals surface area contributed by atoms with Crippen LogP contribution in [-0.2, 0) is 0 Å². The van der Waals surface area contributed by atoms with Crippen LogP contribution in [0, 0.1) is 11.3 Å². The van der Waals surface area contributed by atoms with Crippen molar-refractivity contribution in [3.8, 4) is 11.8 Å². The van der Waals surface area contributed by atoms with E-state index in [1.54, 1.807) is 6.07 Å². The van der Waals surface area contributed by atoms with Crippen LogP contribution in [0.15, 0.2) is 46.9 Å². The number of hydrogen-bond donors (Lipinski definition) is 1. The third-order valence-electron chi connectivity index (χ3n) is 3.12. The van der Waals surface area contributed by atoms with Crippen LogP contribution in [0.4, 0.5) is 5.69 Å². The third kappa shape index (κ3) is 2.29. The third-order valence-corrected chi connectivity index (χ3v) is 3.85. The Morgan fingerprint density at radius 2 is 2.11 bits per heavy atom. The number of nitrogens with one attached hydrogen (secondary N) is 1. The Balaban J connectivity index is 1.94. The van der Waals surface area contributed by atoms with Crippen LogP contribution in [-0.4, -0.2) is 6.61 Å². The summed E-state index contributed by atoms with van der Waals surface area (Å²) in [6, 6.07) is 15.7. The number of rotatable bonds is 1. The molecule has 1 aliphatic heterocycles. The molecule has 0 radical (unpaired) electrons. The molecule has 0 saturated carbocycles. The van der Waals surface area contributed by atoms with Gasteiger partial charge in [0.25, 0.3) is 0 Å². The molecule has 1 atom stereocenters. The fraction of sp³-hybridized carbons (Fsp3) is 0.133. The lowest BCUT2D eigenvalue weighted by Crippen LogP contribution is -2.24. The Hall–Kier alpha value is -1.99. The smallest absolute Gasteiger partial charge is 0.142 e. The molecule has 2 aromatic rings. The summed E-state index contributed by atoms with van der Waals surface area (Å²) in [5.41, 5.74) is 2.64. The first-order valence-electron chi connectivity index (χ1n) is 5.96. The van der Waals surface area contributed by atoms with Gasteiger partial charge in [0.05, 0.1) is 23.4 Å². The van der Waals surface area contributed by atoms with E-state index in [-0.39, 0.29) is 6.04 Å². The zero-order valence-electron chi connectivity index (χ0n) is 10.1. The normalized spacial score (nSPS) is 16.7. The molecule has 3 nitrogen and oxygen atoms in total. The highest BCUT2D eigenvalue weighted by Gasteiger charge is 2.22. The van der Waals surface area contributed by atoms with Crippen molar-refractivity contribution >= 4 is 21.6 Å². The molecule has 2 aromatic carbocycles. The van der Waals surface area contributed by atoms with E-state index < -0.39 is 0 Å². The maximum Gasteiger partial charge on any atom is 0.142 e. The van der Waals surface area contributed by atoms with Gasteiger partial charge in [-0.25, -0.2) is 0 Å². The van der Waals surface area contributed by atoms with E-state index >= 15 is 0 Å². The van der Waals surface area contributed by atoms with Crippen molar-refractivity contribution in [2.24, 2.45) is 0 Å². The number of nitrogens with zero attached hydrogens (tertiary/aromatic N) is 1. The maximum absolute atomic E-state index is 8.94. The van der Waals surface area contributed by atoms with Crippen LogP contribution in [0.25, 0.3) is 0 Å². The molecule has 1 aliphatic rings. The zero-order valence-corrected chi connectivity index (χ0v) is 11.6. The van der Waals surface area contributed by atoms with Crippen molar-refractivity contribution in [2.75, 3.05) is 11.9 Å². The first-order valence-corrected chi connectivity index (χ1v) is 6.75. The molecule has 19 heavy (non-hydrogen) atoms. The fourth-order valence-corrected chi connectivity index (χ4v) is 2.73. The Morgan fingerprint density at radius 1 is 1.26 bits per heavy atom. The monoisotopic (exact) mass is 314 g/mol. The second kappa shape index (κ2) is 4.94. The minimum atomic E-state index is 0.0806. The number of halogens is 1. The predicted molar refractivity (Wildman–Crippen MR) is 77.2 cm³/mol. The summed E-state index contributed by atoms with van der Waals surface area (Å²) in [6.45, 7) is 0.571. The van der Waals surface area contributed by atoms with E-state index in [0.29, 0.717) is 12.2 Å². The molecule has 0 spiro atoms. The molecule has 3 rings (SSSR count). The Labute approximate surface area is 120 Å². The van der Waals surface area contributed by atoms with Gasteiger partial charge in [0.1, 0.15) is 12.4 Å². The van der Waals surface area contributed by atoms with Gasteiger partial charge in [0, 0.05) is 4.47 Å². The van der Waals surface area contributed by atoms with Crippen molar-refractivity contribution in [1.82, 2.24) is 0 Å². The largest absolute Gasteiger partial charge is 0.489 e. The second-order valence-corrected chi connectivity index (χ2v) is 5.21. The van der Waals surface area contributed by atoms with Crippen LogP contribution < -0.4 is 10.1 Å². The van der Waals surface area contributed by atoms with Crippen molar-refractivity contribution in [3.63, 3.8) is 0 Å². The summed E-state index contributed by atoms with van der Waals surface area (Å²) in [6.07, 6.45) is 0. The molecule has 1 heterocycles. The SMILES string of the molecule is N#Cc1ccc2c(c1)NC(c1ccccc1Br)CO2. The summed E-state index contributed by atoms with van der Waals surface area (Å²) < 4.78 is 6.80. The lowest BCUT2D eigenvalue weighted by Gasteiger charge is -2.28. The first-order chi connectivity index (χ1) is 9.28. The van der Waals surface area contributed by atoms with Crippen LogP contribution in [0.3, 0.4) is 0 Å². The number of benzene rings is 2. The Bertz CT molecular complexity index is 663. The molecular formula is C15H11BrN2O. The molecule has 0 aliphatic carbocycles. The summed E-state index contributed by atoms with van der Waals surface area (Å²) >= 11 is 3.55. The minimum Gasteiger partial charge on any atom is -0.489 e. The van der Waals surface area contributed by atoms with Crippen molar-refractivity contribution in [2.45, 2.75) is 6.04 Å². The van der Waals surface area contributed by atoms with Crippen LogP contribution in [0.1, 0.15) is 17.2 Å². The van der Waals surface area contributed by atoms with Gasteiger partial charge < -0.3 is 10.1 Å². The summed E-state index contributed by atoms with van der Waals surface area (Å²) in [4.78, 5) is 0. The predicted octanol–water partition coefficient (Wildman–Crippen LogP) is 3.87. The average Bonchev–Trinajstić information content (AvgIpc) is 2.46. The number of hydrogen-bond acceptors (Lipinski definition) is 3. The van der Waals surface area contributed by atoms with E-state index in [9.17, 15) is 0 Å². The fourth-order valence-electron chi connectivity index (χ4n) is 2.17. The van der Waals surface area contributed by atoms with Gasteiger partial charge in [-0.05, 0) is 29.8 Å². The van der Waals surface area contributed by atoms with Crippen molar-refractivity contribution in [3.05, 3.63) is 58.1 Å². The number of fused-ring (bicyclic) bond motifs is 1. The molecular weight excluding hydrogens is 304 g/mol. The summed E-state index contributed by atoms with van der Waals surface area (Å²) in [7, 11) is 0. The summed E-state index contributed by atoms with van der Waals surface area (Å²) in [5.74, 6) is 0.794. The first kappa shape index (κ1) is 12.1. The molecule has 0 aromatic heterocycles. The molecule has 0 amide bonds. The van der Waals surface area contributed by atoms with Gasteiger partial charge in [-0.3, -0.25) is 0 Å². The zero-order chi connectivity index (χ0) is 13.2. The average molecular weight is 315 g/mol. The molecule has 1 N–H and O–H groups in total. The lowest BCUT2D eigenvalue weighted by molar-refractivity contribution is 0.286. The Kier molecular flexibility index (Phi) is 3.14. The number of nitriles is 1. The van der Waals surface area contributed by atoms with Crippen molar-refractivity contribution < 1.29 is 4.74 Å². The highest BCUT2D eigenvalue weighted by molar-refractivity contribution is 9.10. The number of ether oxygens (including phenoxy) is 1. The van der Waals surface area contributed by atoms with Crippen LogP contribution in [0.5, 0.6) is 5.75 Å². The molecule has 4 heteroatoms. The van der Waals surface area contributed by atoms with E-state index in [1.165, 1.54) is 0 Å². The number of anilines is 1. The van der Waals surface area contributed by atoms with Gasteiger partial charge in [-0.2, -0.15) is 5.26 Å². The van der Waals surface area contributed by atoms with E-state index in [1.807, 2.05) is 30.3 Å². The maximum atomic E-state index is 8.94. The highest BCUT2D eigenvalue weighted by Crippen LogP contribution is 2.36. The highest BCUT2D eigenvalue weighted by atomic mass is 79.9. The molecule has 94 valence electrons. The molecule has 0 saturated heterocycles. The molecule has 1 unspecified atom stereocenters. The standard InChI is InChI=1S/C15H11BrN2O/c16-12-4-2-1-3-11(12)14-9-19-15-6-5-10(8-17)7-13(15)18-14/h1-7,14,18H,9H2. The Morgan fingerprint density at radius 3 is 2.89 bits per heavy atom. The lowest BCUT2D eigenvalue weighted by atomic mass is 10.1. The van der Waals surface area contributed by atoms with E-state index in [4.69, 9.17) is 10.00 Å². The van der Waals surface area contributed by atoms with Gasteiger partial charge in [0.2, 0.25) is 0 Å². The van der Waals surface area contributed by atoms with Crippen LogP contribution in [0.2, 0.25) is 0 Å². The van der Waals surface area contributed by atoms with Crippen molar-refractivity contribution in [1.29, 1.82) is 5.26 Å². The molecule has 0 bridgehead atoms. The van der Waals surface area contributed by atoms with Gasteiger partial charge in [0.15, 0.2) is 0 Å². The topological polar surface area (TPSA) is 45.0 Å². The van der Waals surface area contributed by atoms with Gasteiger partial charge in [-0.15, -0.1) is 0 Å².